The number of nitrogens with zero attached hydrogens (tertiary/aromatic N) is 1. The fourth-order valence-electron chi connectivity index (χ4n) is 6.36. The monoisotopic (exact) mass is 484 g/mol. The Morgan fingerprint density at radius 2 is 1.72 bits per heavy atom. The van der Waals surface area contributed by atoms with Gasteiger partial charge in [0.2, 0.25) is 0 Å². The molecule has 0 bridgehead atoms. The molecule has 0 saturated carbocycles. The van der Waals surface area contributed by atoms with Crippen molar-refractivity contribution in [1.29, 1.82) is 0 Å². The van der Waals surface area contributed by atoms with Gasteiger partial charge < -0.3 is 24.4 Å². The van der Waals surface area contributed by atoms with E-state index >= 15 is 0 Å². The molecule has 0 aliphatic carbocycles. The maximum Gasteiger partial charge on any atom is 0.257 e. The number of carbonyl (C=O) groups excluding carboxylic acids is 2. The fourth-order valence-corrected chi connectivity index (χ4v) is 6.36. The number of benzene rings is 3. The molecular formula is C29H28N2O5. The molecule has 2 amide bonds. The lowest BCUT2D eigenvalue weighted by molar-refractivity contribution is -0.125. The minimum absolute atomic E-state index is 0.108. The van der Waals surface area contributed by atoms with Crippen LogP contribution in [0.2, 0.25) is 0 Å². The molecule has 7 heteroatoms. The molecule has 3 aromatic carbocycles. The maximum absolute atomic E-state index is 14.5. The molecule has 0 spiro atoms. The number of rotatable bonds is 3. The summed E-state index contributed by atoms with van der Waals surface area (Å²) in [6.07, 6.45) is 0. The minimum atomic E-state index is -1.16. The topological polar surface area (TPSA) is 77.1 Å². The molecule has 1 N–H and O–H groups in total. The molecule has 4 atom stereocenters. The van der Waals surface area contributed by atoms with Gasteiger partial charge in [-0.1, -0.05) is 48.0 Å². The predicted molar refractivity (Wildman–Crippen MR) is 135 cm³/mol. The molecule has 36 heavy (non-hydrogen) atoms. The number of anilines is 1. The summed E-state index contributed by atoms with van der Waals surface area (Å²) in [6.45, 7) is 4.31. The molecule has 0 aromatic heterocycles. The number of aryl methyl sites for hydroxylation is 1. The van der Waals surface area contributed by atoms with Crippen molar-refractivity contribution in [2.24, 2.45) is 5.92 Å². The molecule has 184 valence electrons. The molecule has 1 fully saturated rings. The molecule has 7 nitrogen and oxygen atoms in total. The molecule has 3 unspecified atom stereocenters. The predicted octanol–water partition coefficient (Wildman–Crippen LogP) is 4.71. The van der Waals surface area contributed by atoms with Gasteiger partial charge in [0.25, 0.3) is 11.8 Å². The number of hydrogen-bond donors (Lipinski definition) is 1. The van der Waals surface area contributed by atoms with E-state index in [9.17, 15) is 9.59 Å². The lowest BCUT2D eigenvalue weighted by atomic mass is 9.73. The Morgan fingerprint density at radius 1 is 1.00 bits per heavy atom. The van der Waals surface area contributed by atoms with Gasteiger partial charge in [-0.15, -0.1) is 0 Å². The number of nitrogens with one attached hydrogen (secondary N) is 1. The highest BCUT2D eigenvalue weighted by Gasteiger charge is 2.65. The van der Waals surface area contributed by atoms with Gasteiger partial charge in [0.15, 0.2) is 11.5 Å². The summed E-state index contributed by atoms with van der Waals surface area (Å²) in [5, 5.41) is 3.06. The van der Waals surface area contributed by atoms with Crippen molar-refractivity contribution in [1.82, 2.24) is 4.90 Å². The van der Waals surface area contributed by atoms with E-state index in [1.165, 1.54) is 14.2 Å². The highest BCUT2D eigenvalue weighted by atomic mass is 16.5. The second-order valence-corrected chi connectivity index (χ2v) is 9.88. The smallest absolute Gasteiger partial charge is 0.257 e. The van der Waals surface area contributed by atoms with E-state index in [1.807, 2.05) is 56.3 Å². The van der Waals surface area contributed by atoms with Crippen LogP contribution in [0.25, 0.3) is 0 Å². The summed E-state index contributed by atoms with van der Waals surface area (Å²) in [5.41, 5.74) is 2.63. The van der Waals surface area contributed by atoms with Crippen LogP contribution >= 0.6 is 0 Å². The number of amides is 2. The van der Waals surface area contributed by atoms with Crippen LogP contribution in [0.5, 0.6) is 17.2 Å². The van der Waals surface area contributed by atoms with Crippen molar-refractivity contribution in [3.05, 3.63) is 82.9 Å². The Balaban J connectivity index is 1.62. The van der Waals surface area contributed by atoms with Gasteiger partial charge in [0.1, 0.15) is 11.3 Å². The quantitative estimate of drug-likeness (QED) is 0.583. The first-order valence-corrected chi connectivity index (χ1v) is 12.1. The van der Waals surface area contributed by atoms with Crippen molar-refractivity contribution >= 4 is 17.5 Å². The summed E-state index contributed by atoms with van der Waals surface area (Å²) in [6, 6.07) is 19.0. The average molecular weight is 485 g/mol. The highest BCUT2D eigenvalue weighted by molar-refractivity contribution is 6.13. The Bertz CT molecular complexity index is 1390. The van der Waals surface area contributed by atoms with Crippen LogP contribution in [0.1, 0.15) is 45.9 Å². The van der Waals surface area contributed by atoms with E-state index in [0.29, 0.717) is 29.4 Å². The maximum atomic E-state index is 14.5. The van der Waals surface area contributed by atoms with Crippen LogP contribution < -0.4 is 19.5 Å². The summed E-state index contributed by atoms with van der Waals surface area (Å²) in [5.74, 6) is 0.779. The summed E-state index contributed by atoms with van der Waals surface area (Å²) in [7, 11) is 3.06. The van der Waals surface area contributed by atoms with E-state index in [0.717, 1.165) is 22.4 Å². The summed E-state index contributed by atoms with van der Waals surface area (Å²) < 4.78 is 17.2. The zero-order chi connectivity index (χ0) is 25.2. The van der Waals surface area contributed by atoms with Gasteiger partial charge in [-0.2, -0.15) is 0 Å². The van der Waals surface area contributed by atoms with Crippen molar-refractivity contribution in [3.8, 4) is 17.2 Å². The van der Waals surface area contributed by atoms with Crippen LogP contribution in [-0.2, 0) is 4.79 Å². The van der Waals surface area contributed by atoms with Gasteiger partial charge in [0, 0.05) is 23.5 Å². The van der Waals surface area contributed by atoms with E-state index in [2.05, 4.69) is 11.4 Å². The summed E-state index contributed by atoms with van der Waals surface area (Å²) in [4.78, 5) is 30.4. The normalized spacial score (nSPS) is 26.0. The number of carbonyl (C=O) groups is 2. The lowest BCUT2D eigenvalue weighted by Crippen LogP contribution is -2.54. The van der Waals surface area contributed by atoms with Crippen LogP contribution in [0.3, 0.4) is 0 Å². The third kappa shape index (κ3) is 2.98. The zero-order valence-electron chi connectivity index (χ0n) is 20.7. The Hall–Kier alpha value is -4.00. The first-order valence-electron chi connectivity index (χ1n) is 12.1. The van der Waals surface area contributed by atoms with Gasteiger partial charge >= 0.3 is 0 Å². The fraction of sp³-hybridized carbons (Fsp3) is 0.310. The molecule has 6 rings (SSSR count). The molecule has 3 heterocycles. The van der Waals surface area contributed by atoms with Crippen molar-refractivity contribution in [2.45, 2.75) is 31.3 Å². The first kappa shape index (κ1) is 22.5. The van der Waals surface area contributed by atoms with E-state index < -0.39 is 5.54 Å². The first-order chi connectivity index (χ1) is 17.4. The lowest BCUT2D eigenvalue weighted by Gasteiger charge is -2.38. The van der Waals surface area contributed by atoms with Crippen LogP contribution in [0, 0.1) is 12.8 Å². The number of fused-ring (bicyclic) bond motifs is 6. The average Bonchev–Trinajstić information content (AvgIpc) is 3.14. The van der Waals surface area contributed by atoms with Gasteiger partial charge in [0.05, 0.1) is 38.1 Å². The molecule has 1 saturated heterocycles. The van der Waals surface area contributed by atoms with E-state index in [1.54, 1.807) is 17.0 Å². The van der Waals surface area contributed by atoms with E-state index in [-0.39, 0.29) is 29.7 Å². The van der Waals surface area contributed by atoms with Crippen LogP contribution in [-0.4, -0.2) is 43.1 Å². The van der Waals surface area contributed by atoms with Crippen LogP contribution in [0.15, 0.2) is 60.7 Å². The Kier molecular flexibility index (Phi) is 5.00. The highest BCUT2D eigenvalue weighted by Crippen LogP contribution is 2.60. The largest absolute Gasteiger partial charge is 0.493 e. The molecule has 3 aliphatic heterocycles. The zero-order valence-corrected chi connectivity index (χ0v) is 20.7. The second kappa shape index (κ2) is 8.01. The summed E-state index contributed by atoms with van der Waals surface area (Å²) >= 11 is 0. The number of hydrogen-bond acceptors (Lipinski definition) is 5. The van der Waals surface area contributed by atoms with Gasteiger partial charge in [-0.3, -0.25) is 9.59 Å². The van der Waals surface area contributed by atoms with E-state index in [4.69, 9.17) is 14.2 Å². The molecular weight excluding hydrogens is 456 g/mol. The third-order valence-corrected chi connectivity index (χ3v) is 7.97. The minimum Gasteiger partial charge on any atom is -0.493 e. The van der Waals surface area contributed by atoms with Gasteiger partial charge in [-0.05, 0) is 31.5 Å². The Labute approximate surface area is 210 Å². The van der Waals surface area contributed by atoms with Crippen LogP contribution in [0.4, 0.5) is 5.69 Å². The second-order valence-electron chi connectivity index (χ2n) is 9.88. The molecule has 3 aliphatic rings. The Morgan fingerprint density at radius 3 is 2.44 bits per heavy atom. The van der Waals surface area contributed by atoms with Crippen molar-refractivity contribution < 1.29 is 23.8 Å². The SMILES string of the molecule is COc1cc2c(cc1OC)C(=O)N1C3c4cc(C)ccc4OCC3C(c3ccccc3)[C@]1(C)C(=O)N2. The van der Waals surface area contributed by atoms with Crippen molar-refractivity contribution in [3.63, 3.8) is 0 Å². The standard InChI is InChI=1S/C29H28N2O5/c1-16-10-11-22-19(12-16)26-20(15-36-22)25(17-8-6-5-7-9-17)29(2)28(33)30-21-14-24(35-4)23(34-3)13-18(21)27(32)31(26)29/h5-14,20,25-26H,15H2,1-4H3,(H,30,33)/t20?,25?,26?,29-/m1/s1. The molecule has 0 radical (unpaired) electrons. The molecule has 3 aromatic rings. The number of ether oxygens (including phenoxy) is 3. The van der Waals surface area contributed by atoms with Gasteiger partial charge in [-0.25, -0.2) is 0 Å². The number of methoxy groups -OCH3 is 2. The van der Waals surface area contributed by atoms with Crippen molar-refractivity contribution in [2.75, 3.05) is 26.1 Å². The third-order valence-electron chi connectivity index (χ3n) is 7.97.